The Bertz CT molecular complexity index is 5870. The molecule has 0 fully saturated rings. The molecule has 8 heterocycles. The lowest BCUT2D eigenvalue weighted by Gasteiger charge is -2.25. The van der Waals surface area contributed by atoms with E-state index in [1.165, 1.54) is 98.3 Å². The van der Waals surface area contributed by atoms with Crippen LogP contribution in [0.2, 0.25) is 0 Å². The van der Waals surface area contributed by atoms with Crippen molar-refractivity contribution in [1.82, 2.24) is 0 Å². The van der Waals surface area contributed by atoms with E-state index in [1.54, 1.807) is 23.3 Å². The van der Waals surface area contributed by atoms with E-state index in [4.69, 9.17) is 25.3 Å². The van der Waals surface area contributed by atoms with Crippen LogP contribution in [-0.4, -0.2) is 156 Å². The van der Waals surface area contributed by atoms with Gasteiger partial charge in [-0.2, -0.15) is 35.1 Å². The Morgan fingerprint density at radius 2 is 0.679 bits per heavy atom. The molecule has 2 unspecified atom stereocenters. The van der Waals surface area contributed by atoms with E-state index < -0.39 is 72.9 Å². The Morgan fingerprint density at radius 1 is 0.387 bits per heavy atom. The zero-order chi connectivity index (χ0) is 77.3. The summed E-state index contributed by atoms with van der Waals surface area (Å²) < 4.78 is 194. The van der Waals surface area contributed by atoms with Gasteiger partial charge in [0.05, 0.1) is 41.9 Å². The van der Waals surface area contributed by atoms with Crippen molar-refractivity contribution < 1.29 is 95.4 Å². The molecular formula is C78H90N4O18S6+2. The third kappa shape index (κ3) is 15.2. The van der Waals surface area contributed by atoms with Crippen LogP contribution < -0.4 is 0 Å². The van der Waals surface area contributed by atoms with Gasteiger partial charge in [-0.05, 0) is 162 Å². The van der Waals surface area contributed by atoms with Gasteiger partial charge >= 0.3 is 21.2 Å². The minimum absolute atomic E-state index is 0.0149. The summed E-state index contributed by atoms with van der Waals surface area (Å²) in [6.07, 6.45) is 12.1. The molecule has 22 nitrogen and oxygen atoms in total. The van der Waals surface area contributed by atoms with E-state index in [-0.39, 0.29) is 38.2 Å². The second kappa shape index (κ2) is 29.7. The van der Waals surface area contributed by atoms with Crippen LogP contribution in [0.3, 0.4) is 0 Å². The molecule has 0 bridgehead atoms. The molecule has 2 atom stereocenters. The summed E-state index contributed by atoms with van der Waals surface area (Å²) in [6.45, 7) is 26.1. The molecule has 2 N–H and O–H groups in total. The maximum atomic E-state index is 12.2. The molecule has 0 radical (unpaired) electrons. The summed E-state index contributed by atoms with van der Waals surface area (Å²) >= 11 is 0. The number of nitrogens with zero attached hydrogens (tertiary/aromatic N) is 4. The van der Waals surface area contributed by atoms with Crippen molar-refractivity contribution in [2.75, 3.05) is 37.7 Å². The molecule has 0 amide bonds. The highest BCUT2D eigenvalue weighted by atomic mass is 32.2. The van der Waals surface area contributed by atoms with Gasteiger partial charge in [0.25, 0.3) is 20.2 Å². The first-order chi connectivity index (χ1) is 49.5. The van der Waals surface area contributed by atoms with Gasteiger partial charge < -0.3 is 9.11 Å². The molecule has 106 heavy (non-hydrogen) atoms. The number of hydrogen-bond acceptors (Lipinski definition) is 16. The van der Waals surface area contributed by atoms with Crippen LogP contribution in [0.25, 0.3) is 43.1 Å². The fraction of sp³-hybridized carbons (Fsp3) is 0.436. The van der Waals surface area contributed by atoms with Gasteiger partial charge in [-0.25, -0.2) is 16.8 Å². The average Bonchev–Trinajstić information content (AvgIpc) is 1.54. The van der Waals surface area contributed by atoms with Crippen LogP contribution in [0.4, 0.5) is 22.7 Å². The summed E-state index contributed by atoms with van der Waals surface area (Å²) in [5, 5.41) is 8.28. The fourth-order valence-electron chi connectivity index (χ4n) is 18.1. The predicted octanol–water partition coefficient (Wildman–Crippen LogP) is 12.6. The highest BCUT2D eigenvalue weighted by Gasteiger charge is 2.53. The Morgan fingerprint density at radius 3 is 1.06 bits per heavy atom. The number of rotatable bonds is 12. The lowest BCUT2D eigenvalue weighted by Crippen LogP contribution is -2.31. The zero-order valence-electron chi connectivity index (χ0n) is 61.2. The van der Waals surface area contributed by atoms with Gasteiger partial charge in [0.2, 0.25) is 22.7 Å². The monoisotopic (exact) mass is 1560 g/mol. The van der Waals surface area contributed by atoms with E-state index in [1.807, 2.05) is 32.0 Å². The van der Waals surface area contributed by atoms with E-state index in [2.05, 4.69) is 140 Å². The first-order valence-corrected chi connectivity index (χ1v) is 43.7. The summed E-state index contributed by atoms with van der Waals surface area (Å²) in [5.41, 5.74) is 19.8. The fourth-order valence-corrected chi connectivity index (χ4v) is 20.7. The topological polar surface area (TPSA) is 338 Å². The number of hydrogen-bond donors (Lipinski definition) is 2. The number of fused-ring (bicyclic) bond motifs is 8. The second-order valence-electron chi connectivity index (χ2n) is 30.3. The molecule has 0 saturated carbocycles. The highest BCUT2D eigenvalue weighted by Crippen LogP contribution is 2.54. The van der Waals surface area contributed by atoms with Gasteiger partial charge in [0.15, 0.2) is 22.8 Å². The van der Waals surface area contributed by atoms with Crippen LogP contribution in [0.15, 0.2) is 119 Å². The van der Waals surface area contributed by atoms with Crippen molar-refractivity contribution in [2.45, 2.75) is 191 Å². The molecule has 8 aromatic rings. The van der Waals surface area contributed by atoms with Gasteiger partial charge in [0, 0.05) is 120 Å². The molecule has 8 aromatic carbocycles. The van der Waals surface area contributed by atoms with Crippen LogP contribution >= 0.6 is 0 Å². The zero-order valence-corrected chi connectivity index (χ0v) is 66.1. The molecule has 0 spiro atoms. The smallest absolute Gasteiger partial charge is 0.425 e. The van der Waals surface area contributed by atoms with Crippen LogP contribution in [0, 0.1) is 0 Å². The highest BCUT2D eigenvalue weighted by molar-refractivity contribution is 7.86. The number of aryl methyl sites for hydroxylation is 4. The van der Waals surface area contributed by atoms with Crippen LogP contribution in [0.5, 0.6) is 0 Å². The molecule has 8 aliphatic heterocycles. The minimum Gasteiger partial charge on any atom is -0.748 e. The molecular weight excluding hydrogens is 1470 g/mol. The van der Waals surface area contributed by atoms with Crippen molar-refractivity contribution in [3.63, 3.8) is 0 Å². The van der Waals surface area contributed by atoms with Crippen molar-refractivity contribution in [1.29, 1.82) is 0 Å². The van der Waals surface area contributed by atoms with Crippen molar-refractivity contribution >= 4 is 150 Å². The van der Waals surface area contributed by atoms with E-state index in [9.17, 15) is 51.9 Å². The standard InChI is InChI=1S/C21H25NO6S2.C21H25NO3S.C18H19NO3S.C18H20N.2O3S/c1-14-21(2,10-3-4-12-29(23,24)25)19-18-15(7-5-9-17(18)30(26,27)28)13-16-8-6-11-22(14)20(16)19;1-15-21(2,11-5-6-13-26(23,24)25)19-18-10-4-3-8-16(18)14-17-9-7-12-22(15)20(17)19;1-11-18(2,3)16-15-12(6-4-8-14(15)23(20,21)22)10-13-7-5-9-19(11)17(13)16;1-12-18(2,3)16-15-9-5-4-7-13(15)11-14-8-6-10-19(12)17(14)16;2*1-4(2)3/h5,7,9,13H,3-4,6,8,10-12H2,1-2H3,(H-,23,24,25,26,27,28);3-4,8,10,14H,5-7,9,11-13H2,1-2H3;4,6,8,10H,5,7,9H2,1-3H3;4-5,7,9,11H,6,8,10H2,1-3H3;;/q;;;+1;;/p+1. The normalized spacial score (nSPS) is 19.7. The quantitative estimate of drug-likeness (QED) is 0.0652. The summed E-state index contributed by atoms with van der Waals surface area (Å²) in [6, 6.07) is 36.3. The number of benzene rings is 8. The third-order valence-corrected chi connectivity index (χ3v) is 26.9. The maximum absolute atomic E-state index is 12.2. The largest absolute Gasteiger partial charge is 0.748 e. The molecule has 0 aromatic heterocycles. The van der Waals surface area contributed by atoms with Gasteiger partial charge in [-0.1, -0.05) is 85.6 Å². The lowest BCUT2D eigenvalue weighted by molar-refractivity contribution is -0.444. The van der Waals surface area contributed by atoms with E-state index in [0.717, 1.165) is 116 Å². The minimum atomic E-state index is -4.43. The Kier molecular flexibility index (Phi) is 22.3. The third-order valence-electron chi connectivity index (χ3n) is 23.5. The van der Waals surface area contributed by atoms with Gasteiger partial charge in [0.1, 0.15) is 36.0 Å². The van der Waals surface area contributed by atoms with E-state index in [0.29, 0.717) is 30.0 Å². The Balaban J connectivity index is 0.000000137. The van der Waals surface area contributed by atoms with Gasteiger partial charge in [-0.3, -0.25) is 9.11 Å². The summed E-state index contributed by atoms with van der Waals surface area (Å²) in [7, 11) is -23.3. The second-order valence-corrected chi connectivity index (χ2v) is 36.9. The van der Waals surface area contributed by atoms with E-state index >= 15 is 0 Å². The molecule has 8 aliphatic rings. The predicted molar refractivity (Wildman–Crippen MR) is 408 cm³/mol. The summed E-state index contributed by atoms with van der Waals surface area (Å²) in [4.78, 5) is -0.0903. The molecule has 16 rings (SSSR count). The molecule has 0 aliphatic carbocycles. The average molecular weight is 1560 g/mol. The Labute approximate surface area is 623 Å². The first-order valence-electron chi connectivity index (χ1n) is 35.6. The van der Waals surface area contributed by atoms with Crippen molar-refractivity contribution in [3.8, 4) is 0 Å². The summed E-state index contributed by atoms with van der Waals surface area (Å²) in [5.74, 6) is -0.671. The van der Waals surface area contributed by atoms with Gasteiger partial charge in [-0.15, -0.1) is 25.3 Å². The maximum Gasteiger partial charge on any atom is 0.425 e. The van der Waals surface area contributed by atoms with Crippen molar-refractivity contribution in [3.05, 3.63) is 154 Å². The lowest BCUT2D eigenvalue weighted by atomic mass is 9.73. The van der Waals surface area contributed by atoms with Crippen molar-refractivity contribution in [2.24, 2.45) is 0 Å². The first kappa shape index (κ1) is 79.4. The number of unbranched alkanes of at least 4 members (excludes halogenated alkanes) is 2. The Hall–Kier alpha value is -7.64. The van der Waals surface area contributed by atoms with Crippen LogP contribution in [-0.2, 0) is 109 Å². The molecule has 564 valence electrons. The SMILES string of the molecule is CC1=[N+]2CCCc3cc4cccc(S(=O)(=O)O)c4c(c32)C1(C)C.CC1=[N+]2CCCc3cc4cccc(S(=O)(=O)O)c4c(c32)C1(C)CCCCS(=O)(=O)[O-].CC1=[N+]2CCCc3cc4ccccc4c(c32)C1(C)C.CC1=[N+]2CCCc3cc4ccccc4c(c32)C1(C)CCCCS(=O)(=O)[O-].O=S(=O)=O.O=S(=O)=O. The van der Waals surface area contributed by atoms with Crippen LogP contribution in [0.1, 0.15) is 178 Å². The molecule has 28 heteroatoms. The molecule has 0 saturated heterocycles.